The zero-order valence-electron chi connectivity index (χ0n) is 15.2. The first kappa shape index (κ1) is 19.3. The molecule has 29 heavy (non-hydrogen) atoms. The first-order valence-electron chi connectivity index (χ1n) is 8.93. The Labute approximate surface area is 166 Å². The van der Waals surface area contributed by atoms with Crippen LogP contribution in [0.15, 0.2) is 59.1 Å². The summed E-state index contributed by atoms with van der Waals surface area (Å²) in [5, 5.41) is 0. The van der Waals surface area contributed by atoms with Gasteiger partial charge >= 0.3 is 0 Å². The van der Waals surface area contributed by atoms with Gasteiger partial charge in [0.05, 0.1) is 18.9 Å². The normalized spacial score (nSPS) is 17.3. The van der Waals surface area contributed by atoms with Gasteiger partial charge in [0.25, 0.3) is 10.0 Å². The first-order chi connectivity index (χ1) is 13.9. The number of halogens is 1. The Morgan fingerprint density at radius 2 is 1.48 bits per heavy atom. The van der Waals surface area contributed by atoms with Crippen LogP contribution in [0.3, 0.4) is 0 Å². The van der Waals surface area contributed by atoms with Gasteiger partial charge in [0.2, 0.25) is 11.6 Å². The average Bonchev–Trinajstić information content (AvgIpc) is 2.72. The van der Waals surface area contributed by atoms with Gasteiger partial charge in [-0.25, -0.2) is 12.8 Å². The van der Waals surface area contributed by atoms with Crippen LogP contribution < -0.4 is 4.72 Å². The van der Waals surface area contributed by atoms with E-state index in [0.717, 1.165) is 6.07 Å². The molecule has 2 aliphatic rings. The number of rotatable bonds is 4. The molecule has 0 bridgehead atoms. The maximum atomic E-state index is 14.0. The Morgan fingerprint density at radius 3 is 2.14 bits per heavy atom. The van der Waals surface area contributed by atoms with Crippen molar-refractivity contribution in [2.75, 3.05) is 31.0 Å². The molecule has 0 atom stereocenters. The Balaban J connectivity index is 1.88. The highest BCUT2D eigenvalue weighted by Crippen LogP contribution is 2.32. The van der Waals surface area contributed by atoms with Gasteiger partial charge in [-0.2, -0.15) is 0 Å². The molecule has 0 saturated carbocycles. The predicted octanol–water partition coefficient (Wildman–Crippen LogP) is 2.19. The fourth-order valence-corrected chi connectivity index (χ4v) is 4.79. The van der Waals surface area contributed by atoms with Crippen molar-refractivity contribution in [2.24, 2.45) is 0 Å². The van der Waals surface area contributed by atoms with E-state index in [1.54, 1.807) is 12.1 Å². The van der Waals surface area contributed by atoms with E-state index >= 15 is 0 Å². The first-order valence-corrected chi connectivity index (χ1v) is 10.4. The number of morpholine rings is 1. The SMILES string of the molecule is O=C1C(N2CCOCC2)=C(S(=O)(=O)Nc2ccccc2F)C(=O)c2ccccc21. The minimum Gasteiger partial charge on any atom is -0.378 e. The minimum absolute atomic E-state index is 0.00316. The third-order valence-electron chi connectivity index (χ3n) is 4.77. The van der Waals surface area contributed by atoms with Crippen molar-refractivity contribution in [3.63, 3.8) is 0 Å². The monoisotopic (exact) mass is 416 g/mol. The Kier molecular flexibility index (Phi) is 4.93. The lowest BCUT2D eigenvalue weighted by Crippen LogP contribution is -2.43. The van der Waals surface area contributed by atoms with Gasteiger partial charge in [-0.05, 0) is 12.1 Å². The Hall–Kier alpha value is -3.04. The number of para-hydroxylation sites is 1. The van der Waals surface area contributed by atoms with Crippen molar-refractivity contribution in [3.05, 3.63) is 76.1 Å². The molecule has 1 fully saturated rings. The number of hydrogen-bond donors (Lipinski definition) is 1. The molecule has 0 unspecified atom stereocenters. The van der Waals surface area contributed by atoms with E-state index in [9.17, 15) is 22.4 Å². The molecule has 0 amide bonds. The van der Waals surface area contributed by atoms with Gasteiger partial charge in [0.15, 0.2) is 4.91 Å². The number of carbonyl (C=O) groups is 2. The van der Waals surface area contributed by atoms with Gasteiger partial charge in [-0.3, -0.25) is 14.3 Å². The lowest BCUT2D eigenvalue weighted by Gasteiger charge is -2.33. The van der Waals surface area contributed by atoms with E-state index in [2.05, 4.69) is 4.72 Å². The summed E-state index contributed by atoms with van der Waals surface area (Å²) >= 11 is 0. The number of ether oxygens (including phenoxy) is 1. The smallest absolute Gasteiger partial charge is 0.268 e. The van der Waals surface area contributed by atoms with Crippen molar-refractivity contribution in [1.82, 2.24) is 4.90 Å². The van der Waals surface area contributed by atoms with Crippen LogP contribution in [0.25, 0.3) is 0 Å². The number of sulfonamides is 1. The molecule has 0 radical (unpaired) electrons. The third kappa shape index (κ3) is 3.43. The van der Waals surface area contributed by atoms with Crippen molar-refractivity contribution >= 4 is 27.3 Å². The second-order valence-corrected chi connectivity index (χ2v) is 8.19. The summed E-state index contributed by atoms with van der Waals surface area (Å²) < 4.78 is 47.7. The molecule has 1 saturated heterocycles. The van der Waals surface area contributed by atoms with E-state index in [-0.39, 0.29) is 35.6 Å². The molecule has 1 aliphatic carbocycles. The molecule has 2 aromatic rings. The summed E-state index contributed by atoms with van der Waals surface area (Å²) in [6, 6.07) is 11.3. The second-order valence-electron chi connectivity index (χ2n) is 6.57. The summed E-state index contributed by atoms with van der Waals surface area (Å²) in [4.78, 5) is 27.2. The van der Waals surface area contributed by atoms with Gasteiger partial charge < -0.3 is 9.64 Å². The second kappa shape index (κ2) is 7.41. The van der Waals surface area contributed by atoms with Crippen LogP contribution in [-0.2, 0) is 14.8 Å². The summed E-state index contributed by atoms with van der Waals surface area (Å²) in [6.45, 7) is 1.10. The Morgan fingerprint density at radius 1 is 0.897 bits per heavy atom. The fraction of sp³-hybridized carbons (Fsp3) is 0.200. The average molecular weight is 416 g/mol. The number of nitrogens with zero attached hydrogens (tertiary/aromatic N) is 1. The molecular formula is C20H17FN2O5S. The van der Waals surface area contributed by atoms with Crippen LogP contribution in [0.2, 0.25) is 0 Å². The van der Waals surface area contributed by atoms with Crippen molar-refractivity contribution in [1.29, 1.82) is 0 Å². The topological polar surface area (TPSA) is 92.8 Å². The number of anilines is 1. The molecular weight excluding hydrogens is 399 g/mol. The van der Waals surface area contributed by atoms with Crippen molar-refractivity contribution in [3.8, 4) is 0 Å². The minimum atomic E-state index is -4.55. The van der Waals surface area contributed by atoms with E-state index in [1.165, 1.54) is 35.2 Å². The van der Waals surface area contributed by atoms with Crippen molar-refractivity contribution < 1.29 is 27.1 Å². The number of benzene rings is 2. The number of nitrogens with one attached hydrogen (secondary N) is 1. The summed E-state index contributed by atoms with van der Waals surface area (Å²) in [6.07, 6.45) is 0. The maximum absolute atomic E-state index is 14.0. The van der Waals surface area contributed by atoms with Gasteiger partial charge in [-0.1, -0.05) is 36.4 Å². The van der Waals surface area contributed by atoms with Crippen molar-refractivity contribution in [2.45, 2.75) is 0 Å². The van der Waals surface area contributed by atoms with Crippen LogP contribution in [-0.4, -0.2) is 51.2 Å². The summed E-state index contributed by atoms with van der Waals surface area (Å²) in [7, 11) is -4.55. The third-order valence-corrected chi connectivity index (χ3v) is 6.17. The molecule has 4 rings (SSSR count). The maximum Gasteiger partial charge on any atom is 0.268 e. The standard InChI is InChI=1S/C20H17FN2O5S/c21-15-7-3-4-8-16(15)22-29(26,27)20-17(23-9-11-28-12-10-23)18(24)13-5-1-2-6-14(13)19(20)25/h1-8,22H,9-12H2. The molecule has 2 aromatic carbocycles. The van der Waals surface area contributed by atoms with E-state index in [4.69, 9.17) is 4.74 Å². The van der Waals surface area contributed by atoms with Gasteiger partial charge in [0, 0.05) is 24.2 Å². The quantitative estimate of drug-likeness (QED) is 0.822. The summed E-state index contributed by atoms with van der Waals surface area (Å²) in [5.74, 6) is -2.15. The van der Waals surface area contributed by atoms with Crippen LogP contribution in [0.5, 0.6) is 0 Å². The predicted molar refractivity (Wildman–Crippen MR) is 103 cm³/mol. The highest BCUT2D eigenvalue weighted by molar-refractivity contribution is 7.97. The van der Waals surface area contributed by atoms with Gasteiger partial charge in [0.1, 0.15) is 11.5 Å². The highest BCUT2D eigenvalue weighted by Gasteiger charge is 2.41. The van der Waals surface area contributed by atoms with E-state index in [0.29, 0.717) is 13.2 Å². The zero-order chi connectivity index (χ0) is 20.6. The van der Waals surface area contributed by atoms with E-state index < -0.39 is 32.3 Å². The molecule has 0 spiro atoms. The molecule has 7 nitrogen and oxygen atoms in total. The number of ketones is 2. The molecule has 1 aliphatic heterocycles. The van der Waals surface area contributed by atoms with Crippen LogP contribution in [0, 0.1) is 5.82 Å². The number of hydrogen-bond acceptors (Lipinski definition) is 6. The highest BCUT2D eigenvalue weighted by atomic mass is 32.2. The molecule has 1 N–H and O–H groups in total. The molecule has 0 aromatic heterocycles. The largest absolute Gasteiger partial charge is 0.378 e. The number of carbonyl (C=O) groups excluding carboxylic acids is 2. The Bertz CT molecular complexity index is 1140. The number of Topliss-reactive ketones (excluding diaryl/α,β-unsaturated/α-hetero) is 2. The molecule has 150 valence electrons. The lowest BCUT2D eigenvalue weighted by molar-refractivity contribution is 0.0499. The number of fused-ring (bicyclic) bond motifs is 1. The fourth-order valence-electron chi connectivity index (χ4n) is 3.40. The molecule has 9 heteroatoms. The van der Waals surface area contributed by atoms with Gasteiger partial charge in [-0.15, -0.1) is 0 Å². The summed E-state index contributed by atoms with van der Waals surface area (Å²) in [5.41, 5.74) is -0.367. The van der Waals surface area contributed by atoms with Crippen LogP contribution >= 0.6 is 0 Å². The van der Waals surface area contributed by atoms with Crippen LogP contribution in [0.4, 0.5) is 10.1 Å². The number of allylic oxidation sites excluding steroid dienone is 2. The lowest BCUT2D eigenvalue weighted by atomic mass is 9.91. The van der Waals surface area contributed by atoms with E-state index in [1.807, 2.05) is 0 Å². The molecule has 1 heterocycles. The van der Waals surface area contributed by atoms with Crippen LogP contribution in [0.1, 0.15) is 20.7 Å². The zero-order valence-corrected chi connectivity index (χ0v) is 16.0.